The van der Waals surface area contributed by atoms with Crippen LogP contribution in [0.1, 0.15) is 16.8 Å². The molecule has 0 fully saturated rings. The third-order valence-electron chi connectivity index (χ3n) is 2.86. The van der Waals surface area contributed by atoms with Crippen LogP contribution in [0.4, 0.5) is 5.13 Å². The number of thiophene rings is 1. The van der Waals surface area contributed by atoms with Crippen molar-refractivity contribution in [2.24, 2.45) is 0 Å². The van der Waals surface area contributed by atoms with Gasteiger partial charge in [0.1, 0.15) is 9.84 Å². The summed E-state index contributed by atoms with van der Waals surface area (Å²) in [6.07, 6.45) is 0.785. The van der Waals surface area contributed by atoms with Gasteiger partial charge in [-0.2, -0.15) is 0 Å². The van der Waals surface area contributed by atoms with Crippen LogP contribution in [0.15, 0.2) is 16.0 Å². The predicted octanol–water partition coefficient (Wildman–Crippen LogP) is 2.44. The average Bonchev–Trinajstić information content (AvgIpc) is 3.11. The first kappa shape index (κ1) is 16.1. The molecule has 7 nitrogen and oxygen atoms in total. The minimum Gasteiger partial charge on any atom is -0.301 e. The highest BCUT2D eigenvalue weighted by molar-refractivity contribution is 7.99. The number of anilines is 1. The SMILES string of the molecule is CCc1nnc(NC(=O)CSc2nc3sc(C)cc3c(=O)[nH]2)s1. The second kappa shape index (κ2) is 6.77. The molecule has 3 rings (SSSR count). The van der Waals surface area contributed by atoms with Gasteiger partial charge in [0.25, 0.3) is 5.56 Å². The van der Waals surface area contributed by atoms with Crippen LogP contribution >= 0.6 is 34.4 Å². The number of hydrogen-bond acceptors (Lipinski definition) is 8. The van der Waals surface area contributed by atoms with Crippen molar-refractivity contribution in [1.29, 1.82) is 0 Å². The van der Waals surface area contributed by atoms with Crippen LogP contribution in [0.2, 0.25) is 0 Å². The molecule has 0 aliphatic carbocycles. The molecule has 0 aliphatic rings. The summed E-state index contributed by atoms with van der Waals surface area (Å²) < 4.78 is 0. The maximum Gasteiger partial charge on any atom is 0.260 e. The molecule has 0 saturated carbocycles. The number of aryl methyl sites for hydroxylation is 2. The van der Waals surface area contributed by atoms with Crippen LogP contribution in [0, 0.1) is 6.92 Å². The van der Waals surface area contributed by atoms with Crippen LogP contribution in [-0.4, -0.2) is 31.8 Å². The molecule has 0 spiro atoms. The molecule has 0 aliphatic heterocycles. The summed E-state index contributed by atoms with van der Waals surface area (Å²) in [5.74, 6) is -0.0706. The topological polar surface area (TPSA) is 101 Å². The number of aromatic amines is 1. The van der Waals surface area contributed by atoms with Gasteiger partial charge in [-0.3, -0.25) is 14.9 Å². The van der Waals surface area contributed by atoms with E-state index in [2.05, 4.69) is 25.5 Å². The number of H-pyrrole nitrogens is 1. The van der Waals surface area contributed by atoms with E-state index in [0.29, 0.717) is 20.5 Å². The smallest absolute Gasteiger partial charge is 0.260 e. The van der Waals surface area contributed by atoms with E-state index >= 15 is 0 Å². The van der Waals surface area contributed by atoms with E-state index in [1.165, 1.54) is 34.4 Å². The molecule has 1 amide bonds. The Bertz CT molecular complexity index is 914. The van der Waals surface area contributed by atoms with Crippen molar-refractivity contribution >= 4 is 55.7 Å². The summed E-state index contributed by atoms with van der Waals surface area (Å²) in [6.45, 7) is 3.91. The van der Waals surface area contributed by atoms with E-state index in [-0.39, 0.29) is 17.2 Å². The highest BCUT2D eigenvalue weighted by Gasteiger charge is 2.11. The van der Waals surface area contributed by atoms with Crippen LogP contribution in [0.3, 0.4) is 0 Å². The van der Waals surface area contributed by atoms with Gasteiger partial charge in [-0.1, -0.05) is 30.0 Å². The van der Waals surface area contributed by atoms with E-state index in [0.717, 1.165) is 16.3 Å². The van der Waals surface area contributed by atoms with Gasteiger partial charge in [0.15, 0.2) is 5.16 Å². The van der Waals surface area contributed by atoms with Gasteiger partial charge in [0.05, 0.1) is 11.1 Å². The zero-order chi connectivity index (χ0) is 16.4. The largest absolute Gasteiger partial charge is 0.301 e. The lowest BCUT2D eigenvalue weighted by atomic mass is 10.4. The zero-order valence-electron chi connectivity index (χ0n) is 12.4. The Hall–Kier alpha value is -1.78. The maximum atomic E-state index is 12.0. The Kier molecular flexibility index (Phi) is 4.74. The van der Waals surface area contributed by atoms with E-state index in [1.807, 2.05) is 19.9 Å². The molecule has 23 heavy (non-hydrogen) atoms. The van der Waals surface area contributed by atoms with Crippen molar-refractivity contribution in [3.05, 3.63) is 26.3 Å². The number of amides is 1. The standard InChI is InChI=1S/C13H13N5O2S3/c1-3-9-17-18-13(23-9)14-8(19)5-21-12-15-10(20)7-4-6(2)22-11(7)16-12/h4H,3,5H2,1-2H3,(H,14,18,19)(H,15,16,20). The monoisotopic (exact) mass is 367 g/mol. The Morgan fingerprint density at radius 3 is 2.96 bits per heavy atom. The summed E-state index contributed by atoms with van der Waals surface area (Å²) in [7, 11) is 0. The first-order valence-electron chi connectivity index (χ1n) is 6.80. The highest BCUT2D eigenvalue weighted by Crippen LogP contribution is 2.22. The maximum absolute atomic E-state index is 12.0. The van der Waals surface area contributed by atoms with E-state index in [9.17, 15) is 9.59 Å². The molecule has 0 saturated heterocycles. The first-order valence-corrected chi connectivity index (χ1v) is 9.42. The normalized spacial score (nSPS) is 11.0. The van der Waals surface area contributed by atoms with Crippen LogP contribution < -0.4 is 10.9 Å². The van der Waals surface area contributed by atoms with Crippen LogP contribution in [0.5, 0.6) is 0 Å². The second-order valence-electron chi connectivity index (χ2n) is 4.64. The molecule has 0 atom stereocenters. The van der Waals surface area contributed by atoms with E-state index < -0.39 is 0 Å². The van der Waals surface area contributed by atoms with Crippen LogP contribution in [-0.2, 0) is 11.2 Å². The summed E-state index contributed by atoms with van der Waals surface area (Å²) in [5.41, 5.74) is -0.182. The summed E-state index contributed by atoms with van der Waals surface area (Å²) in [4.78, 5) is 32.7. The number of rotatable bonds is 5. The van der Waals surface area contributed by atoms with Crippen molar-refractivity contribution in [3.63, 3.8) is 0 Å². The molecular weight excluding hydrogens is 354 g/mol. The number of carbonyl (C=O) groups is 1. The molecule has 3 aromatic rings. The highest BCUT2D eigenvalue weighted by atomic mass is 32.2. The molecule has 0 radical (unpaired) electrons. The molecule has 3 aromatic heterocycles. The van der Waals surface area contributed by atoms with E-state index in [4.69, 9.17) is 0 Å². The molecule has 10 heteroatoms. The van der Waals surface area contributed by atoms with Crippen molar-refractivity contribution in [2.45, 2.75) is 25.4 Å². The first-order chi connectivity index (χ1) is 11.0. The predicted molar refractivity (Wildman–Crippen MR) is 93.6 cm³/mol. The van der Waals surface area contributed by atoms with Crippen molar-refractivity contribution in [3.8, 4) is 0 Å². The van der Waals surface area contributed by atoms with Gasteiger partial charge < -0.3 is 4.98 Å². The van der Waals surface area contributed by atoms with Crippen LogP contribution in [0.25, 0.3) is 10.2 Å². The minimum absolute atomic E-state index is 0.139. The fraction of sp³-hybridized carbons (Fsp3) is 0.308. The van der Waals surface area contributed by atoms with Gasteiger partial charge in [0, 0.05) is 4.88 Å². The second-order valence-corrected chi connectivity index (χ2v) is 7.90. The molecular formula is C13H13N5O2S3. The van der Waals surface area contributed by atoms with Crippen molar-refractivity contribution < 1.29 is 4.79 Å². The number of aromatic nitrogens is 4. The summed E-state index contributed by atoms with van der Waals surface area (Å²) in [6, 6.07) is 1.81. The lowest BCUT2D eigenvalue weighted by molar-refractivity contribution is -0.113. The third kappa shape index (κ3) is 3.77. The lowest BCUT2D eigenvalue weighted by Gasteiger charge is -2.01. The number of fused-ring (bicyclic) bond motifs is 1. The van der Waals surface area contributed by atoms with Gasteiger partial charge in [-0.15, -0.1) is 21.5 Å². The molecule has 3 heterocycles. The third-order valence-corrected chi connectivity index (χ3v) is 5.66. The average molecular weight is 367 g/mol. The van der Waals surface area contributed by atoms with Crippen molar-refractivity contribution in [2.75, 3.05) is 11.1 Å². The van der Waals surface area contributed by atoms with Gasteiger partial charge in [-0.05, 0) is 19.4 Å². The Labute approximate surface area is 143 Å². The fourth-order valence-corrected chi connectivity index (χ4v) is 4.13. The number of hydrogen-bond donors (Lipinski definition) is 2. The van der Waals surface area contributed by atoms with Crippen molar-refractivity contribution in [1.82, 2.24) is 20.2 Å². The quantitative estimate of drug-likeness (QED) is 0.531. The Morgan fingerprint density at radius 2 is 2.22 bits per heavy atom. The summed E-state index contributed by atoms with van der Waals surface area (Å²) >= 11 is 4.00. The zero-order valence-corrected chi connectivity index (χ0v) is 14.8. The number of carbonyl (C=O) groups excluding carboxylic acids is 1. The molecule has 2 N–H and O–H groups in total. The number of thioether (sulfide) groups is 1. The fourth-order valence-electron chi connectivity index (χ4n) is 1.84. The molecule has 0 aromatic carbocycles. The number of nitrogens with one attached hydrogen (secondary N) is 2. The Balaban J connectivity index is 1.65. The lowest BCUT2D eigenvalue weighted by Crippen LogP contribution is -2.15. The molecule has 120 valence electrons. The van der Waals surface area contributed by atoms with Gasteiger partial charge >= 0.3 is 0 Å². The minimum atomic E-state index is -0.209. The van der Waals surface area contributed by atoms with E-state index in [1.54, 1.807) is 0 Å². The number of nitrogens with zero attached hydrogens (tertiary/aromatic N) is 3. The molecule has 0 bridgehead atoms. The summed E-state index contributed by atoms with van der Waals surface area (Å²) in [5, 5.41) is 12.9. The molecule has 0 unspecified atom stereocenters. The Morgan fingerprint density at radius 1 is 1.39 bits per heavy atom. The van der Waals surface area contributed by atoms with Gasteiger partial charge in [0.2, 0.25) is 11.0 Å². The van der Waals surface area contributed by atoms with Gasteiger partial charge in [-0.25, -0.2) is 4.98 Å².